The Kier molecular flexibility index (Phi) is 6.34. The van der Waals surface area contributed by atoms with E-state index < -0.39 is 5.97 Å². The van der Waals surface area contributed by atoms with Crippen LogP contribution in [0, 0.1) is 0 Å². The number of nitrogens with one attached hydrogen (secondary N) is 1. The van der Waals surface area contributed by atoms with E-state index in [-0.39, 0.29) is 10.6 Å². The number of carboxylic acid groups (broad SMARTS) is 1. The van der Waals surface area contributed by atoms with Crippen molar-refractivity contribution in [1.29, 1.82) is 0 Å². The van der Waals surface area contributed by atoms with E-state index >= 15 is 0 Å². The molecule has 2 aromatic rings. The maximum absolute atomic E-state index is 11.1. The predicted octanol–water partition coefficient (Wildman–Crippen LogP) is 4.82. The number of ether oxygens (including phenoxy) is 2. The molecular weight excluding hydrogens is 398 g/mol. The van der Waals surface area contributed by atoms with E-state index in [1.165, 1.54) is 6.07 Å². The molecule has 0 spiro atoms. The maximum atomic E-state index is 11.1. The zero-order chi connectivity index (χ0) is 17.7. The summed E-state index contributed by atoms with van der Waals surface area (Å²) in [6.07, 6.45) is 0. The Balaban J connectivity index is 2.21. The summed E-state index contributed by atoms with van der Waals surface area (Å²) in [5.74, 6) is 0.238. The second-order valence-corrected chi connectivity index (χ2v) is 6.14. The topological polar surface area (TPSA) is 67.8 Å². The van der Waals surface area contributed by atoms with Crippen LogP contribution in [0.3, 0.4) is 0 Å². The highest BCUT2D eigenvalue weighted by Crippen LogP contribution is 2.34. The van der Waals surface area contributed by atoms with E-state index in [1.54, 1.807) is 19.2 Å². The van der Waals surface area contributed by atoms with Crippen molar-refractivity contribution in [2.24, 2.45) is 0 Å². The van der Waals surface area contributed by atoms with E-state index in [2.05, 4.69) is 21.2 Å². The summed E-state index contributed by atoms with van der Waals surface area (Å²) in [4.78, 5) is 11.1. The number of carboxylic acids is 1. The predicted molar refractivity (Wildman–Crippen MR) is 97.6 cm³/mol. The number of hydrogen-bond acceptors (Lipinski definition) is 4. The van der Waals surface area contributed by atoms with E-state index in [0.717, 1.165) is 10.0 Å². The fourth-order valence-electron chi connectivity index (χ4n) is 2.14. The van der Waals surface area contributed by atoms with Gasteiger partial charge in [0.2, 0.25) is 0 Å². The fourth-order valence-corrected chi connectivity index (χ4v) is 2.80. The van der Waals surface area contributed by atoms with Gasteiger partial charge in [-0.3, -0.25) is 0 Å². The van der Waals surface area contributed by atoms with Crippen molar-refractivity contribution in [1.82, 2.24) is 0 Å². The fraction of sp³-hybridized carbons (Fsp3) is 0.235. The van der Waals surface area contributed by atoms with Crippen molar-refractivity contribution in [3.63, 3.8) is 0 Å². The van der Waals surface area contributed by atoms with Crippen molar-refractivity contribution < 1.29 is 19.4 Å². The van der Waals surface area contributed by atoms with Crippen LogP contribution in [-0.2, 0) is 6.54 Å². The number of benzene rings is 2. The Bertz CT molecular complexity index is 752. The number of methoxy groups -OCH3 is 1. The molecule has 0 aromatic heterocycles. The zero-order valence-electron chi connectivity index (χ0n) is 13.2. The minimum Gasteiger partial charge on any atom is -0.493 e. The first-order chi connectivity index (χ1) is 11.5. The van der Waals surface area contributed by atoms with Crippen molar-refractivity contribution in [3.8, 4) is 11.5 Å². The van der Waals surface area contributed by atoms with Gasteiger partial charge >= 0.3 is 5.97 Å². The van der Waals surface area contributed by atoms with Gasteiger partial charge in [0.05, 0.1) is 24.3 Å². The maximum Gasteiger partial charge on any atom is 0.337 e. The minimum absolute atomic E-state index is 0.0606. The molecular formula is C17H17BrClNO4. The number of rotatable bonds is 7. The standard InChI is InChI=1S/C17H17BrClNO4/c1-3-24-16-6-10(13(18)8-15(16)23-2)9-20-11-4-5-14(19)12(7-11)17(21)22/h4-8,20H,3,9H2,1-2H3,(H,21,22). The summed E-state index contributed by atoms with van der Waals surface area (Å²) in [7, 11) is 1.59. The van der Waals surface area contributed by atoms with Gasteiger partial charge in [0, 0.05) is 16.7 Å². The third-order valence-electron chi connectivity index (χ3n) is 3.31. The Hall–Kier alpha value is -1.92. The highest BCUT2D eigenvalue weighted by atomic mass is 79.9. The minimum atomic E-state index is -1.06. The molecule has 7 heteroatoms. The summed E-state index contributed by atoms with van der Waals surface area (Å²) in [5, 5.41) is 12.5. The Morgan fingerprint density at radius 1 is 1.29 bits per heavy atom. The molecule has 2 aromatic carbocycles. The SMILES string of the molecule is CCOc1cc(CNc2ccc(Cl)c(C(=O)O)c2)c(Br)cc1OC. The zero-order valence-corrected chi connectivity index (χ0v) is 15.6. The molecule has 0 heterocycles. The van der Waals surface area contributed by atoms with Gasteiger partial charge in [-0.25, -0.2) is 4.79 Å². The third kappa shape index (κ3) is 4.33. The van der Waals surface area contributed by atoms with Crippen LogP contribution in [-0.4, -0.2) is 24.8 Å². The molecule has 0 amide bonds. The van der Waals surface area contributed by atoms with Crippen LogP contribution >= 0.6 is 27.5 Å². The number of carbonyl (C=O) groups is 1. The van der Waals surface area contributed by atoms with Gasteiger partial charge in [0.1, 0.15) is 0 Å². The lowest BCUT2D eigenvalue weighted by molar-refractivity contribution is 0.0697. The van der Waals surface area contributed by atoms with E-state index in [4.69, 9.17) is 26.2 Å². The Labute approximate surface area is 153 Å². The number of hydrogen-bond donors (Lipinski definition) is 2. The third-order valence-corrected chi connectivity index (χ3v) is 4.38. The van der Waals surface area contributed by atoms with Gasteiger partial charge in [-0.05, 0) is 42.8 Å². The largest absolute Gasteiger partial charge is 0.493 e. The summed E-state index contributed by atoms with van der Waals surface area (Å²) in [6, 6.07) is 8.52. The van der Waals surface area contributed by atoms with Crippen molar-refractivity contribution >= 4 is 39.2 Å². The van der Waals surface area contributed by atoms with Crippen molar-refractivity contribution in [2.45, 2.75) is 13.5 Å². The van der Waals surface area contributed by atoms with Gasteiger partial charge in [-0.2, -0.15) is 0 Å². The molecule has 0 radical (unpaired) electrons. The number of anilines is 1. The van der Waals surface area contributed by atoms with Crippen LogP contribution in [0.4, 0.5) is 5.69 Å². The molecule has 0 atom stereocenters. The first-order valence-electron chi connectivity index (χ1n) is 7.22. The first-order valence-corrected chi connectivity index (χ1v) is 8.39. The second kappa shape index (κ2) is 8.26. The molecule has 0 fully saturated rings. The quantitative estimate of drug-likeness (QED) is 0.680. The first kappa shape index (κ1) is 18.4. The van der Waals surface area contributed by atoms with Gasteiger partial charge in [0.25, 0.3) is 0 Å². The highest BCUT2D eigenvalue weighted by molar-refractivity contribution is 9.10. The summed E-state index contributed by atoms with van der Waals surface area (Å²) < 4.78 is 11.7. The number of halogens is 2. The van der Waals surface area contributed by atoms with Gasteiger partial charge in [0.15, 0.2) is 11.5 Å². The summed E-state index contributed by atoms with van der Waals surface area (Å²) in [5.41, 5.74) is 1.68. The Morgan fingerprint density at radius 3 is 2.67 bits per heavy atom. The molecule has 0 aliphatic rings. The molecule has 2 N–H and O–H groups in total. The lowest BCUT2D eigenvalue weighted by Crippen LogP contribution is -2.04. The molecule has 0 bridgehead atoms. The molecule has 0 unspecified atom stereocenters. The van der Waals surface area contributed by atoms with E-state index in [0.29, 0.717) is 30.3 Å². The molecule has 0 aliphatic heterocycles. The normalized spacial score (nSPS) is 10.3. The van der Waals surface area contributed by atoms with E-state index in [1.807, 2.05) is 19.1 Å². The highest BCUT2D eigenvalue weighted by Gasteiger charge is 2.12. The van der Waals surface area contributed by atoms with Crippen LogP contribution in [0.15, 0.2) is 34.8 Å². The second-order valence-electron chi connectivity index (χ2n) is 4.88. The molecule has 2 rings (SSSR count). The average molecular weight is 415 g/mol. The van der Waals surface area contributed by atoms with Crippen molar-refractivity contribution in [3.05, 3.63) is 51.0 Å². The molecule has 0 saturated carbocycles. The van der Waals surface area contributed by atoms with Crippen LogP contribution < -0.4 is 14.8 Å². The smallest absolute Gasteiger partial charge is 0.337 e. The van der Waals surface area contributed by atoms with Gasteiger partial charge in [-0.1, -0.05) is 27.5 Å². The molecule has 5 nitrogen and oxygen atoms in total. The molecule has 128 valence electrons. The van der Waals surface area contributed by atoms with Crippen LogP contribution in [0.2, 0.25) is 5.02 Å². The van der Waals surface area contributed by atoms with Crippen LogP contribution in [0.1, 0.15) is 22.8 Å². The monoisotopic (exact) mass is 413 g/mol. The molecule has 0 saturated heterocycles. The van der Waals surface area contributed by atoms with E-state index in [9.17, 15) is 4.79 Å². The van der Waals surface area contributed by atoms with Gasteiger partial charge in [-0.15, -0.1) is 0 Å². The van der Waals surface area contributed by atoms with Crippen molar-refractivity contribution in [2.75, 3.05) is 19.0 Å². The lowest BCUT2D eigenvalue weighted by atomic mass is 10.1. The molecule has 24 heavy (non-hydrogen) atoms. The summed E-state index contributed by atoms with van der Waals surface area (Å²) in [6.45, 7) is 2.91. The lowest BCUT2D eigenvalue weighted by Gasteiger charge is -2.14. The van der Waals surface area contributed by atoms with Crippen LogP contribution in [0.25, 0.3) is 0 Å². The molecule has 0 aliphatic carbocycles. The average Bonchev–Trinajstić information content (AvgIpc) is 2.56. The Morgan fingerprint density at radius 2 is 2.04 bits per heavy atom. The summed E-state index contributed by atoms with van der Waals surface area (Å²) >= 11 is 9.38. The number of aromatic carboxylic acids is 1. The van der Waals surface area contributed by atoms with Gasteiger partial charge < -0.3 is 19.9 Å². The van der Waals surface area contributed by atoms with Crippen LogP contribution in [0.5, 0.6) is 11.5 Å².